The van der Waals surface area contributed by atoms with Gasteiger partial charge in [-0.2, -0.15) is 0 Å². The predicted octanol–water partition coefficient (Wildman–Crippen LogP) is 3.95. The standard InChI is InChI=1S/C19H17IN2O3/c1-19(2,3)25-18(24)12-4-7-14(8-5-12)22-11-21-16-9-6-13(20)10-15(16)17(22)23/h4-11H,1-3H3. The molecule has 0 amide bonds. The van der Waals surface area contributed by atoms with Gasteiger partial charge in [-0.25, -0.2) is 9.78 Å². The van der Waals surface area contributed by atoms with E-state index in [0.29, 0.717) is 22.2 Å². The highest BCUT2D eigenvalue weighted by atomic mass is 127. The van der Waals surface area contributed by atoms with Gasteiger partial charge in [0.2, 0.25) is 0 Å². The molecule has 0 aliphatic carbocycles. The van der Waals surface area contributed by atoms with Crippen molar-refractivity contribution in [3.05, 3.63) is 68.3 Å². The Morgan fingerprint density at radius 3 is 2.44 bits per heavy atom. The maximum Gasteiger partial charge on any atom is 0.338 e. The molecule has 3 rings (SSSR count). The summed E-state index contributed by atoms with van der Waals surface area (Å²) in [5.41, 5.74) is 1.05. The molecule has 1 heterocycles. The average Bonchev–Trinajstić information content (AvgIpc) is 2.54. The van der Waals surface area contributed by atoms with E-state index in [9.17, 15) is 9.59 Å². The van der Waals surface area contributed by atoms with Crippen LogP contribution in [0.5, 0.6) is 0 Å². The number of ether oxygens (including phenoxy) is 1. The van der Waals surface area contributed by atoms with Gasteiger partial charge < -0.3 is 4.74 Å². The normalized spacial score (nSPS) is 11.5. The maximum atomic E-state index is 12.7. The average molecular weight is 448 g/mol. The topological polar surface area (TPSA) is 61.2 Å². The molecule has 128 valence electrons. The highest BCUT2D eigenvalue weighted by Crippen LogP contribution is 2.16. The zero-order chi connectivity index (χ0) is 18.2. The summed E-state index contributed by atoms with van der Waals surface area (Å²) in [6, 6.07) is 12.3. The third-order valence-electron chi connectivity index (χ3n) is 3.50. The number of halogens is 1. The van der Waals surface area contributed by atoms with E-state index in [4.69, 9.17) is 4.74 Å². The number of hydrogen-bond acceptors (Lipinski definition) is 4. The fourth-order valence-electron chi connectivity index (χ4n) is 2.37. The molecule has 1 aromatic heterocycles. The fourth-order valence-corrected chi connectivity index (χ4v) is 2.86. The largest absolute Gasteiger partial charge is 0.456 e. The zero-order valence-electron chi connectivity index (χ0n) is 14.1. The van der Waals surface area contributed by atoms with Crippen molar-refractivity contribution in [1.29, 1.82) is 0 Å². The van der Waals surface area contributed by atoms with E-state index in [1.54, 1.807) is 24.3 Å². The van der Waals surface area contributed by atoms with Crippen molar-refractivity contribution in [3.63, 3.8) is 0 Å². The first-order valence-corrected chi connectivity index (χ1v) is 8.83. The van der Waals surface area contributed by atoms with E-state index in [1.165, 1.54) is 10.9 Å². The van der Waals surface area contributed by atoms with Gasteiger partial charge in [-0.05, 0) is 85.8 Å². The van der Waals surface area contributed by atoms with Gasteiger partial charge in [0.05, 0.1) is 22.2 Å². The monoisotopic (exact) mass is 448 g/mol. The zero-order valence-corrected chi connectivity index (χ0v) is 16.3. The van der Waals surface area contributed by atoms with Crippen molar-refractivity contribution in [3.8, 4) is 5.69 Å². The molecule has 2 aromatic carbocycles. The Bertz CT molecular complexity index is 1000. The van der Waals surface area contributed by atoms with E-state index in [0.717, 1.165) is 3.57 Å². The van der Waals surface area contributed by atoms with E-state index in [1.807, 2.05) is 39.0 Å². The summed E-state index contributed by atoms with van der Waals surface area (Å²) in [4.78, 5) is 29.1. The summed E-state index contributed by atoms with van der Waals surface area (Å²) < 4.78 is 7.79. The molecule has 25 heavy (non-hydrogen) atoms. The van der Waals surface area contributed by atoms with Gasteiger partial charge in [0.1, 0.15) is 11.9 Å². The van der Waals surface area contributed by atoms with Crippen LogP contribution in [0.4, 0.5) is 0 Å². The van der Waals surface area contributed by atoms with Crippen molar-refractivity contribution in [2.45, 2.75) is 26.4 Å². The highest BCUT2D eigenvalue weighted by molar-refractivity contribution is 14.1. The third kappa shape index (κ3) is 3.89. The Morgan fingerprint density at radius 1 is 1.12 bits per heavy atom. The van der Waals surface area contributed by atoms with Crippen LogP contribution < -0.4 is 5.56 Å². The molecule has 0 bridgehead atoms. The number of rotatable bonds is 2. The summed E-state index contributed by atoms with van der Waals surface area (Å²) in [6.45, 7) is 5.46. The van der Waals surface area contributed by atoms with Gasteiger partial charge in [0, 0.05) is 3.57 Å². The molecule has 0 radical (unpaired) electrons. The minimum Gasteiger partial charge on any atom is -0.456 e. The number of fused-ring (bicyclic) bond motifs is 1. The quantitative estimate of drug-likeness (QED) is 0.440. The van der Waals surface area contributed by atoms with E-state index in [-0.39, 0.29) is 5.56 Å². The van der Waals surface area contributed by atoms with Gasteiger partial charge in [-0.3, -0.25) is 9.36 Å². The van der Waals surface area contributed by atoms with E-state index in [2.05, 4.69) is 27.6 Å². The molecule has 0 aliphatic rings. The van der Waals surface area contributed by atoms with Crippen LogP contribution in [0.1, 0.15) is 31.1 Å². The lowest BCUT2D eigenvalue weighted by molar-refractivity contribution is 0.00695. The van der Waals surface area contributed by atoms with Gasteiger partial charge in [-0.15, -0.1) is 0 Å². The minimum absolute atomic E-state index is 0.145. The van der Waals surface area contributed by atoms with E-state index < -0.39 is 11.6 Å². The second-order valence-electron chi connectivity index (χ2n) is 6.63. The SMILES string of the molecule is CC(C)(C)OC(=O)c1ccc(-n2cnc3ccc(I)cc3c2=O)cc1. The highest BCUT2D eigenvalue weighted by Gasteiger charge is 2.17. The second-order valence-corrected chi connectivity index (χ2v) is 7.88. The summed E-state index contributed by atoms with van der Waals surface area (Å²) in [6.07, 6.45) is 1.50. The lowest BCUT2D eigenvalue weighted by Crippen LogP contribution is -2.24. The Hall–Kier alpha value is -2.22. The number of benzene rings is 2. The van der Waals surface area contributed by atoms with Crippen LogP contribution in [0.25, 0.3) is 16.6 Å². The minimum atomic E-state index is -0.550. The van der Waals surface area contributed by atoms with Crippen molar-refractivity contribution in [2.75, 3.05) is 0 Å². The van der Waals surface area contributed by atoms with Crippen molar-refractivity contribution >= 4 is 39.5 Å². The van der Waals surface area contributed by atoms with Crippen LogP contribution in [-0.4, -0.2) is 21.1 Å². The first kappa shape index (κ1) is 17.6. The van der Waals surface area contributed by atoms with Crippen LogP contribution in [0.15, 0.2) is 53.6 Å². The van der Waals surface area contributed by atoms with Crippen LogP contribution >= 0.6 is 22.6 Å². The Labute approximate surface area is 158 Å². The fraction of sp³-hybridized carbons (Fsp3) is 0.211. The molecule has 0 unspecified atom stereocenters. The smallest absolute Gasteiger partial charge is 0.338 e. The Morgan fingerprint density at radius 2 is 1.80 bits per heavy atom. The van der Waals surface area contributed by atoms with Crippen LogP contribution in [0.3, 0.4) is 0 Å². The molecule has 0 N–H and O–H groups in total. The first-order valence-electron chi connectivity index (χ1n) is 7.75. The Balaban J connectivity index is 1.98. The number of carbonyl (C=O) groups is 1. The van der Waals surface area contributed by atoms with Gasteiger partial charge >= 0.3 is 5.97 Å². The molecule has 5 nitrogen and oxygen atoms in total. The molecule has 0 fully saturated rings. The molecule has 0 atom stereocenters. The molecule has 0 spiro atoms. The van der Waals surface area contributed by atoms with Crippen LogP contribution in [0, 0.1) is 3.57 Å². The third-order valence-corrected chi connectivity index (χ3v) is 4.17. The molecule has 0 saturated carbocycles. The Kier molecular flexibility index (Phi) is 4.64. The summed E-state index contributed by atoms with van der Waals surface area (Å²) in [7, 11) is 0. The number of carbonyl (C=O) groups excluding carboxylic acids is 1. The summed E-state index contributed by atoms with van der Waals surface area (Å²) in [5, 5.41) is 0.561. The lowest BCUT2D eigenvalue weighted by atomic mass is 10.1. The van der Waals surface area contributed by atoms with Crippen molar-refractivity contribution < 1.29 is 9.53 Å². The van der Waals surface area contributed by atoms with Gasteiger partial charge in [-0.1, -0.05) is 0 Å². The van der Waals surface area contributed by atoms with Crippen molar-refractivity contribution in [2.24, 2.45) is 0 Å². The number of nitrogens with zero attached hydrogens (tertiary/aromatic N) is 2. The molecule has 0 aliphatic heterocycles. The van der Waals surface area contributed by atoms with Gasteiger partial charge in [0.25, 0.3) is 5.56 Å². The van der Waals surface area contributed by atoms with Crippen LogP contribution in [0.2, 0.25) is 0 Å². The summed E-state index contributed by atoms with van der Waals surface area (Å²) in [5.74, 6) is -0.391. The molecular weight excluding hydrogens is 431 g/mol. The lowest BCUT2D eigenvalue weighted by Gasteiger charge is -2.19. The second kappa shape index (κ2) is 6.59. The molecule has 0 saturated heterocycles. The predicted molar refractivity (Wildman–Crippen MR) is 105 cm³/mol. The molecule has 3 aromatic rings. The molecular formula is C19H17IN2O3. The van der Waals surface area contributed by atoms with Crippen molar-refractivity contribution in [1.82, 2.24) is 9.55 Å². The molecule has 6 heteroatoms. The number of hydrogen-bond donors (Lipinski definition) is 0. The van der Waals surface area contributed by atoms with Crippen LogP contribution in [-0.2, 0) is 4.74 Å². The first-order chi connectivity index (χ1) is 11.7. The summed E-state index contributed by atoms with van der Waals surface area (Å²) >= 11 is 2.17. The number of aromatic nitrogens is 2. The maximum absolute atomic E-state index is 12.7. The van der Waals surface area contributed by atoms with E-state index >= 15 is 0 Å². The number of esters is 1. The van der Waals surface area contributed by atoms with Gasteiger partial charge in [0.15, 0.2) is 0 Å².